The van der Waals surface area contributed by atoms with Gasteiger partial charge in [0.1, 0.15) is 6.54 Å². The summed E-state index contributed by atoms with van der Waals surface area (Å²) in [7, 11) is -3.92. The Morgan fingerprint density at radius 3 is 1.91 bits per heavy atom. The van der Waals surface area contributed by atoms with Gasteiger partial charge in [-0.25, -0.2) is 13.0 Å². The van der Waals surface area contributed by atoms with Gasteiger partial charge in [-0.15, -0.1) is 0 Å². The van der Waals surface area contributed by atoms with Gasteiger partial charge >= 0.3 is 0 Å². The quantitative estimate of drug-likeness (QED) is 0.368. The van der Waals surface area contributed by atoms with E-state index < -0.39 is 10.1 Å². The zero-order valence-electron chi connectivity index (χ0n) is 15.0. The molecule has 0 N–H and O–H groups in total. The Hall–Kier alpha value is -0.940. The molecule has 1 aromatic heterocycles. The zero-order chi connectivity index (χ0) is 17.6. The van der Waals surface area contributed by atoms with Gasteiger partial charge in [0.05, 0.1) is 10.1 Å². The van der Waals surface area contributed by atoms with Crippen LogP contribution in [-0.2, 0) is 23.1 Å². The molecule has 0 bridgehead atoms. The van der Waals surface area contributed by atoms with Crippen molar-refractivity contribution >= 4 is 10.1 Å². The maximum Gasteiger partial charge on any atom is 0.169 e. The molecule has 0 aromatic carbocycles. The number of nitrogens with zero attached hydrogens (tertiary/aromatic N) is 1. The summed E-state index contributed by atoms with van der Waals surface area (Å²) in [5.41, 5.74) is 1.48. The van der Waals surface area contributed by atoms with E-state index in [1.165, 1.54) is 69.9 Å². The lowest BCUT2D eigenvalue weighted by atomic mass is 10.1. The van der Waals surface area contributed by atoms with E-state index in [-0.39, 0.29) is 0 Å². The number of pyridine rings is 1. The standard InChI is InChI=1S/C17H30N.CH4O3S/c1-3-5-7-8-9-10-14-18-15-12-17(13-16-18)11-6-4-2;1-5(2,3)4/h12-13,15-16H,3-11,14H2,1-2H3;1H3,(H,2,3,4)/q+1;/p-1. The fourth-order valence-corrected chi connectivity index (χ4v) is 2.26. The summed E-state index contributed by atoms with van der Waals surface area (Å²) in [6.45, 7) is 5.71. The van der Waals surface area contributed by atoms with Crippen molar-refractivity contribution < 1.29 is 17.5 Å². The molecule has 5 heteroatoms. The average Bonchev–Trinajstić information content (AvgIpc) is 2.48. The first-order valence-electron chi connectivity index (χ1n) is 8.75. The molecular weight excluding hydrogens is 310 g/mol. The van der Waals surface area contributed by atoms with Crippen molar-refractivity contribution in [3.05, 3.63) is 30.1 Å². The second-order valence-electron chi connectivity index (χ2n) is 6.02. The number of aryl methyl sites for hydroxylation is 2. The summed E-state index contributed by atoms with van der Waals surface area (Å²) in [6.07, 6.45) is 17.2. The summed E-state index contributed by atoms with van der Waals surface area (Å²) in [5.74, 6) is 0. The van der Waals surface area contributed by atoms with Gasteiger partial charge in [-0.2, -0.15) is 0 Å². The molecule has 0 amide bonds. The van der Waals surface area contributed by atoms with Crippen molar-refractivity contribution in [2.75, 3.05) is 6.26 Å². The van der Waals surface area contributed by atoms with E-state index in [2.05, 4.69) is 42.9 Å². The van der Waals surface area contributed by atoms with Crippen LogP contribution in [0, 0.1) is 0 Å². The highest BCUT2D eigenvalue weighted by atomic mass is 32.2. The third-order valence-corrected chi connectivity index (χ3v) is 3.55. The molecule has 0 saturated heterocycles. The third-order valence-electron chi connectivity index (χ3n) is 3.55. The lowest BCUT2D eigenvalue weighted by Crippen LogP contribution is -2.32. The fourth-order valence-electron chi connectivity index (χ4n) is 2.26. The smallest absolute Gasteiger partial charge is 0.169 e. The molecule has 0 unspecified atom stereocenters. The van der Waals surface area contributed by atoms with Crippen LogP contribution in [0.25, 0.3) is 0 Å². The number of hydrogen-bond acceptors (Lipinski definition) is 3. The second kappa shape index (κ2) is 13.5. The summed E-state index contributed by atoms with van der Waals surface area (Å²) in [4.78, 5) is 0. The first-order chi connectivity index (χ1) is 10.9. The van der Waals surface area contributed by atoms with Crippen LogP contribution in [0.15, 0.2) is 24.5 Å². The maximum atomic E-state index is 9.08. The van der Waals surface area contributed by atoms with Crippen LogP contribution < -0.4 is 4.57 Å². The molecule has 1 heterocycles. The van der Waals surface area contributed by atoms with Crippen LogP contribution in [0.3, 0.4) is 0 Å². The van der Waals surface area contributed by atoms with E-state index in [9.17, 15) is 0 Å². The largest absolute Gasteiger partial charge is 0.748 e. The van der Waals surface area contributed by atoms with Gasteiger partial charge in [-0.3, -0.25) is 0 Å². The topological polar surface area (TPSA) is 61.1 Å². The van der Waals surface area contributed by atoms with Crippen molar-refractivity contribution in [1.29, 1.82) is 0 Å². The van der Waals surface area contributed by atoms with Gasteiger partial charge in [-0.1, -0.05) is 46.0 Å². The first kappa shape index (κ1) is 22.1. The average molecular weight is 344 g/mol. The van der Waals surface area contributed by atoms with Crippen LogP contribution in [0.1, 0.15) is 70.8 Å². The molecule has 0 aliphatic rings. The van der Waals surface area contributed by atoms with Crippen LogP contribution in [0.5, 0.6) is 0 Å². The van der Waals surface area contributed by atoms with E-state index in [1.807, 2.05) is 0 Å². The molecule has 0 radical (unpaired) electrons. The van der Waals surface area contributed by atoms with Crippen LogP contribution in [0.4, 0.5) is 0 Å². The Morgan fingerprint density at radius 2 is 1.39 bits per heavy atom. The minimum absolute atomic E-state index is 0.604. The fraction of sp³-hybridized carbons (Fsp3) is 0.722. The molecule has 134 valence electrons. The molecule has 0 spiro atoms. The van der Waals surface area contributed by atoms with E-state index in [0.29, 0.717) is 6.26 Å². The number of aromatic nitrogens is 1. The minimum Gasteiger partial charge on any atom is -0.748 e. The Balaban J connectivity index is 0.000000841. The number of rotatable bonds is 10. The predicted octanol–water partition coefficient (Wildman–Crippen LogP) is 3.84. The highest BCUT2D eigenvalue weighted by Gasteiger charge is 2.00. The van der Waals surface area contributed by atoms with Gasteiger partial charge in [0, 0.05) is 24.8 Å². The Bertz CT molecular complexity index is 475. The minimum atomic E-state index is -3.92. The second-order valence-corrected chi connectivity index (χ2v) is 7.43. The van der Waals surface area contributed by atoms with E-state index >= 15 is 0 Å². The molecule has 0 fully saturated rings. The van der Waals surface area contributed by atoms with E-state index in [1.54, 1.807) is 0 Å². The number of unbranched alkanes of at least 4 members (excludes halogenated alkanes) is 6. The normalized spacial score (nSPS) is 11.0. The molecule has 23 heavy (non-hydrogen) atoms. The van der Waals surface area contributed by atoms with E-state index in [4.69, 9.17) is 13.0 Å². The van der Waals surface area contributed by atoms with Crippen LogP contribution in [-0.4, -0.2) is 19.2 Å². The van der Waals surface area contributed by atoms with Crippen molar-refractivity contribution in [2.24, 2.45) is 0 Å². The molecule has 1 rings (SSSR count). The highest BCUT2D eigenvalue weighted by Crippen LogP contribution is 2.05. The highest BCUT2D eigenvalue weighted by molar-refractivity contribution is 7.84. The van der Waals surface area contributed by atoms with Gasteiger partial charge in [-0.05, 0) is 24.8 Å². The predicted molar refractivity (Wildman–Crippen MR) is 94.2 cm³/mol. The molecule has 0 atom stereocenters. The third kappa shape index (κ3) is 17.2. The number of hydrogen-bond donors (Lipinski definition) is 0. The Kier molecular flexibility index (Phi) is 12.9. The monoisotopic (exact) mass is 343 g/mol. The van der Waals surface area contributed by atoms with Gasteiger partial charge in [0.2, 0.25) is 0 Å². The van der Waals surface area contributed by atoms with Crippen LogP contribution in [0.2, 0.25) is 0 Å². The van der Waals surface area contributed by atoms with Crippen molar-refractivity contribution in [2.45, 2.75) is 78.2 Å². The summed E-state index contributed by atoms with van der Waals surface area (Å²) < 4.78 is 29.6. The molecular formula is C18H33NO3S. The van der Waals surface area contributed by atoms with Gasteiger partial charge in [0.25, 0.3) is 0 Å². The Morgan fingerprint density at radius 1 is 0.913 bits per heavy atom. The van der Waals surface area contributed by atoms with E-state index in [0.717, 1.165) is 0 Å². The van der Waals surface area contributed by atoms with Crippen molar-refractivity contribution in [3.63, 3.8) is 0 Å². The van der Waals surface area contributed by atoms with Gasteiger partial charge in [0.15, 0.2) is 12.4 Å². The summed E-state index contributed by atoms with van der Waals surface area (Å²) in [5, 5.41) is 0. The first-order valence-corrected chi connectivity index (χ1v) is 10.6. The summed E-state index contributed by atoms with van der Waals surface area (Å²) in [6, 6.07) is 4.57. The lowest BCUT2D eigenvalue weighted by Gasteiger charge is -2.01. The van der Waals surface area contributed by atoms with Crippen molar-refractivity contribution in [3.8, 4) is 0 Å². The van der Waals surface area contributed by atoms with Crippen molar-refractivity contribution in [1.82, 2.24) is 0 Å². The molecule has 1 aromatic rings. The Labute approximate surface area is 142 Å². The zero-order valence-corrected chi connectivity index (χ0v) is 15.8. The van der Waals surface area contributed by atoms with Crippen LogP contribution >= 0.6 is 0 Å². The molecule has 0 aliphatic carbocycles. The summed E-state index contributed by atoms with van der Waals surface area (Å²) >= 11 is 0. The van der Waals surface area contributed by atoms with Gasteiger partial charge < -0.3 is 4.55 Å². The maximum absolute atomic E-state index is 9.08. The lowest BCUT2D eigenvalue weighted by molar-refractivity contribution is -0.697. The SMILES string of the molecule is CCCCCCCC[n+]1ccc(CCCC)cc1.CS(=O)(=O)[O-]. The molecule has 0 saturated carbocycles. The molecule has 0 aliphatic heterocycles. The molecule has 4 nitrogen and oxygen atoms in total.